The molecule has 0 aromatic rings. The van der Waals surface area contributed by atoms with Gasteiger partial charge in [0.15, 0.2) is 9.84 Å². The van der Waals surface area contributed by atoms with Gasteiger partial charge >= 0.3 is 5.97 Å². The number of carboxylic acids is 1. The fraction of sp³-hybridized carbons (Fsp3) is 0.875. The van der Waals surface area contributed by atoms with Gasteiger partial charge in [-0.3, -0.25) is 4.79 Å². The third-order valence-electron chi connectivity index (χ3n) is 2.40. The van der Waals surface area contributed by atoms with Crippen LogP contribution >= 0.6 is 0 Å². The molecule has 1 N–H and O–H groups in total. The second-order valence-corrected chi connectivity index (χ2v) is 6.04. The molecule has 1 aliphatic rings. The van der Waals surface area contributed by atoms with Crippen LogP contribution in [0.3, 0.4) is 0 Å². The van der Waals surface area contributed by atoms with Gasteiger partial charge in [-0.15, -0.1) is 0 Å². The van der Waals surface area contributed by atoms with Crippen molar-refractivity contribution in [3.05, 3.63) is 0 Å². The van der Waals surface area contributed by atoms with Gasteiger partial charge in [-0.1, -0.05) is 0 Å². The van der Waals surface area contributed by atoms with Crippen molar-refractivity contribution in [2.75, 3.05) is 18.2 Å². The number of hydrogen-bond donors (Lipinski definition) is 1. The summed E-state index contributed by atoms with van der Waals surface area (Å²) in [5.41, 5.74) is -0.597. The van der Waals surface area contributed by atoms with Gasteiger partial charge in [0.1, 0.15) is 6.67 Å². The molecule has 1 fully saturated rings. The van der Waals surface area contributed by atoms with Gasteiger partial charge in [0, 0.05) is 0 Å². The Bertz CT molecular complexity index is 318. The summed E-state index contributed by atoms with van der Waals surface area (Å²) in [5.74, 6) is -1.66. The monoisotopic (exact) mass is 224 g/mol. The van der Waals surface area contributed by atoms with Crippen LogP contribution in [0.5, 0.6) is 0 Å². The smallest absolute Gasteiger partial charge is 0.303 e. The fourth-order valence-electron chi connectivity index (χ4n) is 1.53. The predicted octanol–water partition coefficient (Wildman–Crippen LogP) is 0.626. The highest BCUT2D eigenvalue weighted by Crippen LogP contribution is 2.49. The summed E-state index contributed by atoms with van der Waals surface area (Å²) in [6.45, 7) is -0.897. The van der Waals surface area contributed by atoms with E-state index in [1.165, 1.54) is 0 Å². The van der Waals surface area contributed by atoms with E-state index in [9.17, 15) is 17.6 Å². The van der Waals surface area contributed by atoms with Gasteiger partial charge < -0.3 is 5.11 Å². The van der Waals surface area contributed by atoms with E-state index in [4.69, 9.17) is 5.11 Å². The molecule has 0 unspecified atom stereocenters. The molecule has 14 heavy (non-hydrogen) atoms. The molecule has 0 aliphatic heterocycles. The zero-order chi connectivity index (χ0) is 10.8. The van der Waals surface area contributed by atoms with Crippen molar-refractivity contribution in [1.82, 2.24) is 0 Å². The van der Waals surface area contributed by atoms with Crippen molar-refractivity contribution in [1.29, 1.82) is 0 Å². The van der Waals surface area contributed by atoms with E-state index >= 15 is 0 Å². The second-order valence-electron chi connectivity index (χ2n) is 3.85. The van der Waals surface area contributed by atoms with Gasteiger partial charge in [0.2, 0.25) is 0 Å². The van der Waals surface area contributed by atoms with Gasteiger partial charge in [-0.2, -0.15) is 0 Å². The molecule has 0 bridgehead atoms. The highest BCUT2D eigenvalue weighted by molar-refractivity contribution is 7.91. The molecule has 6 heteroatoms. The zero-order valence-corrected chi connectivity index (χ0v) is 8.52. The molecule has 82 valence electrons. The lowest BCUT2D eigenvalue weighted by atomic mass is 10.1. The Morgan fingerprint density at radius 3 is 2.36 bits per heavy atom. The number of alkyl halides is 1. The van der Waals surface area contributed by atoms with E-state index in [2.05, 4.69) is 0 Å². The minimum absolute atomic E-state index is 0.126. The first-order valence-corrected chi connectivity index (χ1v) is 6.19. The summed E-state index contributed by atoms with van der Waals surface area (Å²) in [5, 5.41) is 8.55. The fourth-order valence-corrected chi connectivity index (χ4v) is 3.23. The Hall–Kier alpha value is -0.650. The van der Waals surface area contributed by atoms with Gasteiger partial charge in [0.05, 0.1) is 17.9 Å². The van der Waals surface area contributed by atoms with Crippen LogP contribution in [0.15, 0.2) is 0 Å². The maximum Gasteiger partial charge on any atom is 0.303 e. The van der Waals surface area contributed by atoms with Crippen LogP contribution in [0.4, 0.5) is 4.39 Å². The van der Waals surface area contributed by atoms with Crippen molar-refractivity contribution >= 4 is 15.8 Å². The highest BCUT2D eigenvalue weighted by atomic mass is 32.2. The Morgan fingerprint density at radius 1 is 1.43 bits per heavy atom. The van der Waals surface area contributed by atoms with E-state index < -0.39 is 33.6 Å². The molecule has 0 radical (unpaired) electrons. The first-order chi connectivity index (χ1) is 6.39. The third-order valence-corrected chi connectivity index (χ3v) is 4.23. The number of carboxylic acid groups (broad SMARTS) is 1. The quantitative estimate of drug-likeness (QED) is 0.718. The summed E-state index contributed by atoms with van der Waals surface area (Å²) >= 11 is 0. The van der Waals surface area contributed by atoms with Gasteiger partial charge in [-0.05, 0) is 18.3 Å². The SMILES string of the molecule is O=C(O)CC1(CS(=O)(=O)CCF)CC1. The lowest BCUT2D eigenvalue weighted by molar-refractivity contribution is -0.138. The molecule has 0 heterocycles. The maximum absolute atomic E-state index is 11.9. The van der Waals surface area contributed by atoms with Crippen molar-refractivity contribution in [2.45, 2.75) is 19.3 Å². The van der Waals surface area contributed by atoms with Crippen molar-refractivity contribution in [2.24, 2.45) is 5.41 Å². The average molecular weight is 224 g/mol. The normalized spacial score (nSPS) is 19.2. The topological polar surface area (TPSA) is 71.4 Å². The summed E-state index contributed by atoms with van der Waals surface area (Å²) in [6, 6.07) is 0. The molecular formula is C8H13FO4S. The zero-order valence-electron chi connectivity index (χ0n) is 7.70. The Balaban J connectivity index is 2.55. The van der Waals surface area contributed by atoms with E-state index in [-0.39, 0.29) is 12.2 Å². The molecule has 1 aliphatic carbocycles. The summed E-state index contributed by atoms with van der Waals surface area (Å²) < 4.78 is 34.3. The van der Waals surface area contributed by atoms with Crippen LogP contribution in [0.25, 0.3) is 0 Å². The molecule has 0 saturated heterocycles. The first-order valence-electron chi connectivity index (χ1n) is 4.37. The summed E-state index contributed by atoms with van der Waals surface area (Å²) in [7, 11) is -3.41. The molecule has 0 aromatic carbocycles. The highest BCUT2D eigenvalue weighted by Gasteiger charge is 2.47. The third kappa shape index (κ3) is 3.25. The van der Waals surface area contributed by atoms with E-state index in [0.29, 0.717) is 12.8 Å². The van der Waals surface area contributed by atoms with E-state index in [0.717, 1.165) is 0 Å². The number of hydrogen-bond acceptors (Lipinski definition) is 3. The predicted molar refractivity (Wildman–Crippen MR) is 48.5 cm³/mol. The molecule has 0 aromatic heterocycles. The second kappa shape index (κ2) is 3.84. The molecular weight excluding hydrogens is 211 g/mol. The van der Waals surface area contributed by atoms with Crippen LogP contribution in [-0.4, -0.2) is 37.7 Å². The first kappa shape index (κ1) is 11.4. The average Bonchev–Trinajstić information content (AvgIpc) is 2.64. The molecule has 1 saturated carbocycles. The minimum Gasteiger partial charge on any atom is -0.481 e. The number of halogens is 1. The summed E-state index contributed by atoms with van der Waals surface area (Å²) in [6.07, 6.45) is 1.11. The van der Waals surface area contributed by atoms with Crippen molar-refractivity contribution in [3.8, 4) is 0 Å². The van der Waals surface area contributed by atoms with Crippen LogP contribution in [0.2, 0.25) is 0 Å². The van der Waals surface area contributed by atoms with Crippen molar-refractivity contribution < 1.29 is 22.7 Å². The maximum atomic E-state index is 11.9. The van der Waals surface area contributed by atoms with Gasteiger partial charge in [-0.25, -0.2) is 12.8 Å². The number of carbonyl (C=O) groups is 1. The lowest BCUT2D eigenvalue weighted by Crippen LogP contribution is -2.23. The summed E-state index contributed by atoms with van der Waals surface area (Å²) in [4.78, 5) is 10.4. The van der Waals surface area contributed by atoms with Crippen LogP contribution < -0.4 is 0 Å². The largest absolute Gasteiger partial charge is 0.481 e. The molecule has 1 rings (SSSR count). The lowest BCUT2D eigenvalue weighted by Gasteiger charge is -2.11. The minimum atomic E-state index is -3.41. The Labute approximate surface area is 82.0 Å². The van der Waals surface area contributed by atoms with Crippen LogP contribution in [-0.2, 0) is 14.6 Å². The molecule has 4 nitrogen and oxygen atoms in total. The standard InChI is InChI=1S/C8H13FO4S/c9-3-4-14(12,13)6-8(1-2-8)5-7(10)11/h1-6H2,(H,10,11). The van der Waals surface area contributed by atoms with Crippen molar-refractivity contribution in [3.63, 3.8) is 0 Å². The van der Waals surface area contributed by atoms with E-state index in [1.54, 1.807) is 0 Å². The Morgan fingerprint density at radius 2 is 2.00 bits per heavy atom. The number of rotatable bonds is 6. The van der Waals surface area contributed by atoms with Gasteiger partial charge in [0.25, 0.3) is 0 Å². The van der Waals surface area contributed by atoms with E-state index in [1.807, 2.05) is 0 Å². The number of sulfone groups is 1. The Kier molecular flexibility index (Phi) is 3.14. The van der Waals surface area contributed by atoms with Crippen LogP contribution in [0.1, 0.15) is 19.3 Å². The number of aliphatic carboxylic acids is 1. The van der Waals surface area contributed by atoms with Crippen LogP contribution in [0, 0.1) is 5.41 Å². The molecule has 0 spiro atoms. The molecule has 0 amide bonds. The molecule has 0 atom stereocenters.